The summed E-state index contributed by atoms with van der Waals surface area (Å²) in [4.78, 5) is 4.60. The van der Waals surface area contributed by atoms with E-state index in [0.29, 0.717) is 12.6 Å². The van der Waals surface area contributed by atoms with Gasteiger partial charge in [-0.25, -0.2) is 4.99 Å². The maximum atomic E-state index is 5.61. The summed E-state index contributed by atoms with van der Waals surface area (Å²) in [6, 6.07) is 7.98. The van der Waals surface area contributed by atoms with E-state index >= 15 is 0 Å². The van der Waals surface area contributed by atoms with Crippen molar-refractivity contribution < 1.29 is 9.47 Å². The van der Waals surface area contributed by atoms with Crippen molar-refractivity contribution in [1.29, 1.82) is 0 Å². The summed E-state index contributed by atoms with van der Waals surface area (Å²) >= 11 is 0. The average molecular weight is 291 g/mol. The van der Waals surface area contributed by atoms with Gasteiger partial charge in [0.1, 0.15) is 5.75 Å². The van der Waals surface area contributed by atoms with Gasteiger partial charge in [-0.15, -0.1) is 0 Å². The van der Waals surface area contributed by atoms with Crippen LogP contribution in [0.4, 0.5) is 0 Å². The van der Waals surface area contributed by atoms with E-state index < -0.39 is 0 Å². The van der Waals surface area contributed by atoms with Gasteiger partial charge in [-0.1, -0.05) is 12.1 Å². The van der Waals surface area contributed by atoms with Gasteiger partial charge >= 0.3 is 0 Å². The molecule has 116 valence electrons. The van der Waals surface area contributed by atoms with Crippen LogP contribution in [0.15, 0.2) is 29.3 Å². The van der Waals surface area contributed by atoms with Gasteiger partial charge < -0.3 is 20.1 Å². The maximum absolute atomic E-state index is 5.61. The highest BCUT2D eigenvalue weighted by Crippen LogP contribution is 2.13. The number of guanidine groups is 1. The molecule has 1 heterocycles. The third kappa shape index (κ3) is 5.27. The molecule has 0 radical (unpaired) electrons. The minimum absolute atomic E-state index is 0.311. The minimum Gasteiger partial charge on any atom is -0.497 e. The van der Waals surface area contributed by atoms with Crippen molar-refractivity contribution in [2.24, 2.45) is 4.99 Å². The first-order valence-electron chi connectivity index (χ1n) is 7.58. The van der Waals surface area contributed by atoms with E-state index in [-0.39, 0.29) is 0 Å². The second-order valence-electron chi connectivity index (χ2n) is 5.06. The van der Waals surface area contributed by atoms with Crippen LogP contribution in [0.5, 0.6) is 5.75 Å². The molecule has 1 saturated heterocycles. The van der Waals surface area contributed by atoms with Gasteiger partial charge in [-0.3, -0.25) is 0 Å². The molecule has 0 spiro atoms. The predicted octanol–water partition coefficient (Wildman–Crippen LogP) is 1.93. The number of rotatable bonds is 6. The first-order chi connectivity index (χ1) is 10.3. The molecule has 0 bridgehead atoms. The smallest absolute Gasteiger partial charge is 0.191 e. The largest absolute Gasteiger partial charge is 0.497 e. The molecule has 5 heteroatoms. The summed E-state index contributed by atoms with van der Waals surface area (Å²) in [5.74, 6) is 1.69. The molecular weight excluding hydrogens is 266 g/mol. The van der Waals surface area contributed by atoms with Crippen LogP contribution >= 0.6 is 0 Å². The minimum atomic E-state index is 0.311. The summed E-state index contributed by atoms with van der Waals surface area (Å²) in [6.07, 6.45) is 2.59. The maximum Gasteiger partial charge on any atom is 0.191 e. The molecule has 1 aromatic rings. The van der Waals surface area contributed by atoms with Crippen LogP contribution < -0.4 is 15.4 Å². The number of aliphatic imine (C=N–C) groups is 1. The van der Waals surface area contributed by atoms with E-state index in [4.69, 9.17) is 9.47 Å². The molecule has 2 N–H and O–H groups in total. The highest BCUT2D eigenvalue weighted by molar-refractivity contribution is 5.79. The Morgan fingerprint density at radius 2 is 2.33 bits per heavy atom. The lowest BCUT2D eigenvalue weighted by Crippen LogP contribution is -2.41. The summed E-state index contributed by atoms with van der Waals surface area (Å²) in [5, 5.41) is 6.60. The molecule has 21 heavy (non-hydrogen) atoms. The predicted molar refractivity (Wildman–Crippen MR) is 84.8 cm³/mol. The van der Waals surface area contributed by atoms with Crippen molar-refractivity contribution in [2.45, 2.75) is 32.4 Å². The number of nitrogens with zero attached hydrogens (tertiary/aromatic N) is 1. The van der Waals surface area contributed by atoms with E-state index in [1.807, 2.05) is 18.2 Å². The molecule has 1 atom stereocenters. The van der Waals surface area contributed by atoms with Crippen LogP contribution in [-0.4, -0.2) is 38.9 Å². The third-order valence-corrected chi connectivity index (χ3v) is 3.42. The van der Waals surface area contributed by atoms with Crippen LogP contribution in [0.25, 0.3) is 0 Å². The summed E-state index contributed by atoms with van der Waals surface area (Å²) < 4.78 is 10.8. The zero-order valence-electron chi connectivity index (χ0n) is 12.9. The number of hydrogen-bond acceptors (Lipinski definition) is 3. The molecule has 1 aromatic carbocycles. The fraction of sp³-hybridized carbons (Fsp3) is 0.562. The highest BCUT2D eigenvalue weighted by Gasteiger charge is 2.15. The summed E-state index contributed by atoms with van der Waals surface area (Å²) in [7, 11) is 1.68. The Kier molecular flexibility index (Phi) is 6.34. The van der Waals surface area contributed by atoms with Gasteiger partial charge in [0, 0.05) is 19.7 Å². The van der Waals surface area contributed by atoms with E-state index in [2.05, 4.69) is 28.6 Å². The fourth-order valence-electron chi connectivity index (χ4n) is 2.30. The Hall–Kier alpha value is -1.75. The highest BCUT2D eigenvalue weighted by atomic mass is 16.5. The molecule has 0 amide bonds. The lowest BCUT2D eigenvalue weighted by atomic mass is 10.2. The van der Waals surface area contributed by atoms with Gasteiger partial charge in [0.15, 0.2) is 5.96 Å². The van der Waals surface area contributed by atoms with Crippen molar-refractivity contribution >= 4 is 5.96 Å². The SMILES string of the molecule is CCNC(=NCc1cccc(OC)c1)NCC1CCCO1. The van der Waals surface area contributed by atoms with Crippen molar-refractivity contribution in [3.63, 3.8) is 0 Å². The second-order valence-corrected chi connectivity index (χ2v) is 5.06. The average Bonchev–Trinajstić information content (AvgIpc) is 3.03. The zero-order valence-corrected chi connectivity index (χ0v) is 12.9. The van der Waals surface area contributed by atoms with Gasteiger partial charge in [0.2, 0.25) is 0 Å². The standard InChI is InChI=1S/C16H25N3O2/c1-3-17-16(19-12-15-8-5-9-21-15)18-11-13-6-4-7-14(10-13)20-2/h4,6-7,10,15H,3,5,8-9,11-12H2,1-2H3,(H2,17,18,19). The molecule has 1 aliphatic heterocycles. The third-order valence-electron chi connectivity index (χ3n) is 3.42. The molecule has 0 saturated carbocycles. The summed E-state index contributed by atoms with van der Waals surface area (Å²) in [6.45, 7) is 5.22. The zero-order chi connectivity index (χ0) is 14.9. The van der Waals surface area contributed by atoms with Crippen molar-refractivity contribution in [3.05, 3.63) is 29.8 Å². The topological polar surface area (TPSA) is 54.9 Å². The Morgan fingerprint density at radius 3 is 3.05 bits per heavy atom. The monoisotopic (exact) mass is 291 g/mol. The Morgan fingerprint density at radius 1 is 1.43 bits per heavy atom. The molecule has 0 aliphatic carbocycles. The lowest BCUT2D eigenvalue weighted by Gasteiger charge is -2.14. The number of benzene rings is 1. The Bertz CT molecular complexity index is 457. The quantitative estimate of drug-likeness (QED) is 0.621. The number of hydrogen-bond donors (Lipinski definition) is 2. The van der Waals surface area contributed by atoms with E-state index in [1.165, 1.54) is 0 Å². The Balaban J connectivity index is 1.89. The van der Waals surface area contributed by atoms with Gasteiger partial charge in [0.05, 0.1) is 19.8 Å². The molecule has 1 fully saturated rings. The molecule has 5 nitrogen and oxygen atoms in total. The van der Waals surface area contributed by atoms with Gasteiger partial charge in [-0.05, 0) is 37.5 Å². The summed E-state index contributed by atoms with van der Waals surface area (Å²) in [5.41, 5.74) is 1.13. The normalized spacial score (nSPS) is 18.6. The number of nitrogens with one attached hydrogen (secondary N) is 2. The molecule has 1 unspecified atom stereocenters. The van der Waals surface area contributed by atoms with Crippen LogP contribution in [-0.2, 0) is 11.3 Å². The first-order valence-corrected chi connectivity index (χ1v) is 7.58. The van der Waals surface area contributed by atoms with Crippen molar-refractivity contribution in [1.82, 2.24) is 10.6 Å². The van der Waals surface area contributed by atoms with Crippen LogP contribution in [0, 0.1) is 0 Å². The van der Waals surface area contributed by atoms with Crippen LogP contribution in [0.3, 0.4) is 0 Å². The van der Waals surface area contributed by atoms with Gasteiger partial charge in [0.25, 0.3) is 0 Å². The van der Waals surface area contributed by atoms with Crippen molar-refractivity contribution in [3.8, 4) is 5.75 Å². The molecule has 0 aromatic heterocycles. The molecular formula is C16H25N3O2. The van der Waals surface area contributed by atoms with E-state index in [0.717, 1.165) is 49.8 Å². The van der Waals surface area contributed by atoms with Crippen LogP contribution in [0.2, 0.25) is 0 Å². The lowest BCUT2D eigenvalue weighted by molar-refractivity contribution is 0.114. The first kappa shape index (κ1) is 15.6. The number of methoxy groups -OCH3 is 1. The van der Waals surface area contributed by atoms with Crippen LogP contribution in [0.1, 0.15) is 25.3 Å². The Labute approximate surface area is 126 Å². The van der Waals surface area contributed by atoms with Gasteiger partial charge in [-0.2, -0.15) is 0 Å². The second kappa shape index (κ2) is 8.52. The van der Waals surface area contributed by atoms with Crippen molar-refractivity contribution in [2.75, 3.05) is 26.8 Å². The van der Waals surface area contributed by atoms with E-state index in [1.54, 1.807) is 7.11 Å². The number of ether oxygens (including phenoxy) is 2. The molecule has 1 aliphatic rings. The fourth-order valence-corrected chi connectivity index (χ4v) is 2.30. The van der Waals surface area contributed by atoms with E-state index in [9.17, 15) is 0 Å². The molecule has 2 rings (SSSR count).